The van der Waals surface area contributed by atoms with Gasteiger partial charge >= 0.3 is 0 Å². The summed E-state index contributed by atoms with van der Waals surface area (Å²) in [5, 5.41) is 5.88. The third kappa shape index (κ3) is 1.72. The Hall–Kier alpha value is -1.00. The summed E-state index contributed by atoms with van der Waals surface area (Å²) >= 11 is 7.66. The Morgan fingerprint density at radius 1 is 1.69 bits per heavy atom. The van der Waals surface area contributed by atoms with Crippen molar-refractivity contribution in [1.29, 1.82) is 0 Å². The molecule has 2 rings (SSSR count). The predicted octanol–water partition coefficient (Wildman–Crippen LogP) is 2.54. The first kappa shape index (κ1) is 11.5. The third-order valence-corrected chi connectivity index (χ3v) is 4.43. The van der Waals surface area contributed by atoms with Crippen molar-refractivity contribution in [1.82, 2.24) is 10.2 Å². The topological polar surface area (TPSA) is 32.3 Å². The van der Waals surface area contributed by atoms with Gasteiger partial charge in [-0.25, -0.2) is 0 Å². The van der Waals surface area contributed by atoms with E-state index in [1.165, 1.54) is 4.90 Å². The Bertz CT molecular complexity index is 437. The van der Waals surface area contributed by atoms with Gasteiger partial charge in [0.2, 0.25) is 5.91 Å². The number of nitrogens with zero attached hydrogens (tertiary/aromatic N) is 1. The minimum atomic E-state index is -0.439. The van der Waals surface area contributed by atoms with Gasteiger partial charge in [0, 0.05) is 11.9 Å². The quantitative estimate of drug-likeness (QED) is 0.838. The van der Waals surface area contributed by atoms with Crippen molar-refractivity contribution in [2.24, 2.45) is 0 Å². The first-order valence-corrected chi connectivity index (χ1v) is 6.17. The molecule has 0 spiro atoms. The van der Waals surface area contributed by atoms with Gasteiger partial charge in [-0.05, 0) is 18.4 Å². The van der Waals surface area contributed by atoms with E-state index in [-0.39, 0.29) is 5.91 Å². The molecule has 1 fully saturated rings. The van der Waals surface area contributed by atoms with E-state index in [0.717, 1.165) is 4.88 Å². The van der Waals surface area contributed by atoms with Gasteiger partial charge in [0.1, 0.15) is 5.82 Å². The lowest BCUT2D eigenvalue weighted by molar-refractivity contribution is -0.132. The number of rotatable bonds is 1. The number of hydrogen-bond donors (Lipinski definition) is 1. The van der Waals surface area contributed by atoms with Gasteiger partial charge in [0.15, 0.2) is 0 Å². The summed E-state index contributed by atoms with van der Waals surface area (Å²) in [6.45, 7) is 5.81. The summed E-state index contributed by atoms with van der Waals surface area (Å²) in [6.07, 6.45) is 0.392. The highest BCUT2D eigenvalue weighted by Gasteiger charge is 2.38. The van der Waals surface area contributed by atoms with Gasteiger partial charge in [0.25, 0.3) is 0 Å². The maximum atomic E-state index is 11.8. The van der Waals surface area contributed by atoms with Crippen molar-refractivity contribution in [3.63, 3.8) is 0 Å². The van der Waals surface area contributed by atoms with Crippen LogP contribution < -0.4 is 5.32 Å². The molecule has 86 valence electrons. The normalized spacial score (nSPS) is 25.8. The molecule has 1 atom stereocenters. The summed E-state index contributed by atoms with van der Waals surface area (Å²) in [6, 6.07) is 1.85. The first-order chi connectivity index (χ1) is 7.44. The van der Waals surface area contributed by atoms with E-state index in [1.54, 1.807) is 18.4 Å². The Labute approximate surface area is 104 Å². The molecule has 1 N–H and O–H groups in total. The number of halogens is 1. The molecular formula is C11H13ClN2OS. The molecule has 1 unspecified atom stereocenters. The van der Waals surface area contributed by atoms with Crippen LogP contribution in [-0.4, -0.2) is 17.9 Å². The number of amides is 1. The van der Waals surface area contributed by atoms with Crippen molar-refractivity contribution in [2.45, 2.75) is 18.9 Å². The second-order valence-electron chi connectivity index (χ2n) is 4.13. The van der Waals surface area contributed by atoms with Gasteiger partial charge in [-0.2, -0.15) is 0 Å². The summed E-state index contributed by atoms with van der Waals surface area (Å²) in [4.78, 5) is 14.3. The highest BCUT2D eigenvalue weighted by Crippen LogP contribution is 2.38. The number of carbonyl (C=O) groups excluding carboxylic acids is 1. The van der Waals surface area contributed by atoms with Crippen LogP contribution in [0.15, 0.2) is 23.8 Å². The maximum Gasteiger partial charge on any atom is 0.230 e. The summed E-state index contributed by atoms with van der Waals surface area (Å²) in [5.74, 6) is 0.666. The molecule has 2 heterocycles. The molecule has 1 aromatic rings. The van der Waals surface area contributed by atoms with Crippen LogP contribution in [0.2, 0.25) is 5.02 Å². The molecule has 1 aliphatic heterocycles. The minimum Gasteiger partial charge on any atom is -0.361 e. The molecule has 1 aliphatic rings. The largest absolute Gasteiger partial charge is 0.361 e. The van der Waals surface area contributed by atoms with E-state index in [1.807, 2.05) is 18.4 Å². The van der Waals surface area contributed by atoms with Crippen LogP contribution in [-0.2, 0) is 10.3 Å². The SMILES string of the molecule is C=C1NC(C)(c2sccc2Cl)CC(=O)N1C. The summed E-state index contributed by atoms with van der Waals surface area (Å²) in [7, 11) is 1.72. The highest BCUT2D eigenvalue weighted by atomic mass is 35.5. The lowest BCUT2D eigenvalue weighted by Crippen LogP contribution is -2.52. The minimum absolute atomic E-state index is 0.0516. The maximum absolute atomic E-state index is 11.8. The number of thiophene rings is 1. The smallest absolute Gasteiger partial charge is 0.230 e. The van der Waals surface area contributed by atoms with E-state index >= 15 is 0 Å². The van der Waals surface area contributed by atoms with Crippen LogP contribution in [0.1, 0.15) is 18.2 Å². The van der Waals surface area contributed by atoms with Crippen LogP contribution in [0.3, 0.4) is 0 Å². The number of hydrogen-bond acceptors (Lipinski definition) is 3. The Morgan fingerprint density at radius 3 is 2.88 bits per heavy atom. The van der Waals surface area contributed by atoms with E-state index in [0.29, 0.717) is 17.3 Å². The summed E-state index contributed by atoms with van der Waals surface area (Å²) < 4.78 is 0. The second kappa shape index (κ2) is 3.79. The average Bonchev–Trinajstić information content (AvgIpc) is 2.61. The lowest BCUT2D eigenvalue weighted by atomic mass is 9.93. The van der Waals surface area contributed by atoms with Crippen LogP contribution in [0.4, 0.5) is 0 Å². The molecule has 5 heteroatoms. The van der Waals surface area contributed by atoms with Crippen molar-refractivity contribution in [3.05, 3.63) is 33.7 Å². The zero-order valence-corrected chi connectivity index (χ0v) is 10.8. The van der Waals surface area contributed by atoms with Crippen LogP contribution >= 0.6 is 22.9 Å². The monoisotopic (exact) mass is 256 g/mol. The Balaban J connectivity index is 2.37. The average molecular weight is 257 g/mol. The first-order valence-electron chi connectivity index (χ1n) is 4.91. The Morgan fingerprint density at radius 2 is 2.38 bits per heavy atom. The zero-order chi connectivity index (χ0) is 11.9. The molecule has 0 aliphatic carbocycles. The number of carbonyl (C=O) groups is 1. The molecule has 0 radical (unpaired) electrons. The number of nitrogens with one attached hydrogen (secondary N) is 1. The fourth-order valence-corrected chi connectivity index (χ4v) is 3.23. The zero-order valence-electron chi connectivity index (χ0n) is 9.21. The van der Waals surface area contributed by atoms with Gasteiger partial charge in [0.05, 0.1) is 17.0 Å². The van der Waals surface area contributed by atoms with Crippen molar-refractivity contribution in [2.75, 3.05) is 7.05 Å². The molecule has 0 aromatic carbocycles. The van der Waals surface area contributed by atoms with E-state index in [2.05, 4.69) is 11.9 Å². The lowest BCUT2D eigenvalue weighted by Gasteiger charge is -2.40. The fraction of sp³-hybridized carbons (Fsp3) is 0.364. The Kier molecular flexibility index (Phi) is 2.72. The molecule has 0 saturated carbocycles. The van der Waals surface area contributed by atoms with Crippen molar-refractivity contribution >= 4 is 28.8 Å². The van der Waals surface area contributed by atoms with Crippen LogP contribution in [0, 0.1) is 0 Å². The van der Waals surface area contributed by atoms with Gasteiger partial charge in [-0.3, -0.25) is 4.79 Å². The van der Waals surface area contributed by atoms with Gasteiger partial charge in [-0.1, -0.05) is 18.2 Å². The van der Waals surface area contributed by atoms with Crippen LogP contribution in [0.5, 0.6) is 0 Å². The predicted molar refractivity (Wildman–Crippen MR) is 66.3 cm³/mol. The van der Waals surface area contributed by atoms with E-state index < -0.39 is 5.54 Å². The molecule has 0 bridgehead atoms. The van der Waals surface area contributed by atoms with E-state index in [9.17, 15) is 4.79 Å². The molecule has 3 nitrogen and oxygen atoms in total. The van der Waals surface area contributed by atoms with Crippen molar-refractivity contribution in [3.8, 4) is 0 Å². The fourth-order valence-electron chi connectivity index (χ4n) is 1.84. The standard InChI is InChI=1S/C11H13ClN2OS/c1-7-13-11(2,6-9(15)14(7)3)10-8(12)4-5-16-10/h4-5,13H,1,6H2,2-3H3. The van der Waals surface area contributed by atoms with E-state index in [4.69, 9.17) is 11.6 Å². The van der Waals surface area contributed by atoms with Gasteiger partial charge < -0.3 is 10.2 Å². The molecule has 16 heavy (non-hydrogen) atoms. The third-order valence-electron chi connectivity index (χ3n) is 2.82. The second-order valence-corrected chi connectivity index (χ2v) is 5.45. The molecular weight excluding hydrogens is 244 g/mol. The van der Waals surface area contributed by atoms with Crippen molar-refractivity contribution < 1.29 is 4.79 Å². The van der Waals surface area contributed by atoms with Crippen LogP contribution in [0.25, 0.3) is 0 Å². The molecule has 1 amide bonds. The summed E-state index contributed by atoms with van der Waals surface area (Å²) in [5.41, 5.74) is -0.439. The highest BCUT2D eigenvalue weighted by molar-refractivity contribution is 7.10. The molecule has 1 aromatic heterocycles. The molecule has 1 saturated heterocycles. The van der Waals surface area contributed by atoms with Gasteiger partial charge in [-0.15, -0.1) is 11.3 Å².